The molecule has 1 atom stereocenters. The van der Waals surface area contributed by atoms with Gasteiger partial charge in [-0.05, 0) is 34.7 Å². The number of halogens is 2. The van der Waals surface area contributed by atoms with Crippen LogP contribution in [0.2, 0.25) is 10.0 Å². The van der Waals surface area contributed by atoms with Gasteiger partial charge in [0.15, 0.2) is 0 Å². The SMILES string of the molecule is CCSc1n[n+]2c(c(=O)[nH]1)-c1ccccc1N(C(C)=O)[C@H]2c1cccc(Cl)c1Cl. The van der Waals surface area contributed by atoms with Gasteiger partial charge in [0, 0.05) is 12.0 Å². The minimum absolute atomic E-state index is 0.205. The molecule has 148 valence electrons. The fourth-order valence-corrected chi connectivity index (χ4v) is 4.50. The van der Waals surface area contributed by atoms with Gasteiger partial charge in [0.1, 0.15) is 0 Å². The summed E-state index contributed by atoms with van der Waals surface area (Å²) in [5.41, 5.74) is 1.90. The molecule has 1 N–H and O–H groups in total. The second kappa shape index (κ2) is 7.82. The van der Waals surface area contributed by atoms with Crippen LogP contribution in [0.1, 0.15) is 25.6 Å². The number of aromatic amines is 1. The quantitative estimate of drug-likeness (QED) is 0.485. The Kier molecular flexibility index (Phi) is 5.38. The first-order chi connectivity index (χ1) is 13.9. The predicted molar refractivity (Wildman–Crippen MR) is 115 cm³/mol. The standard InChI is InChI=1S/C20H16Cl2N4O2S/c1-3-29-20-23-18(28)17-12-7-4-5-10-15(12)25(11(2)27)19(26(17)24-20)13-8-6-9-14(21)16(13)22/h4-10,19H,3H2,1-2H3/p+1/t19-/m1/s1. The number of para-hydroxylation sites is 1. The molecule has 2 heterocycles. The van der Waals surface area contributed by atoms with Crippen molar-refractivity contribution in [2.75, 3.05) is 10.7 Å². The second-order valence-corrected chi connectivity index (χ2v) is 8.45. The number of fused-ring (bicyclic) bond motifs is 3. The number of hydrogen-bond acceptors (Lipinski definition) is 4. The number of H-pyrrole nitrogens is 1. The summed E-state index contributed by atoms with van der Waals surface area (Å²) in [4.78, 5) is 30.2. The van der Waals surface area contributed by atoms with Crippen LogP contribution in [0.15, 0.2) is 52.4 Å². The first-order valence-electron chi connectivity index (χ1n) is 8.96. The Balaban J connectivity index is 2.11. The zero-order valence-electron chi connectivity index (χ0n) is 15.6. The van der Waals surface area contributed by atoms with Crippen LogP contribution in [-0.4, -0.2) is 21.7 Å². The molecule has 3 aromatic rings. The molecule has 9 heteroatoms. The van der Waals surface area contributed by atoms with Gasteiger partial charge in [-0.3, -0.25) is 14.6 Å². The lowest BCUT2D eigenvalue weighted by Crippen LogP contribution is -2.60. The van der Waals surface area contributed by atoms with Crippen LogP contribution < -0.4 is 15.1 Å². The molecular weight excluding hydrogens is 431 g/mol. The molecule has 1 aromatic heterocycles. The third-order valence-corrected chi connectivity index (χ3v) is 6.22. The molecule has 0 aliphatic carbocycles. The molecular formula is C20H17Cl2N4O2S+. The lowest BCUT2D eigenvalue weighted by Gasteiger charge is -2.31. The van der Waals surface area contributed by atoms with Crippen LogP contribution >= 0.6 is 35.0 Å². The highest BCUT2D eigenvalue weighted by molar-refractivity contribution is 7.99. The summed E-state index contributed by atoms with van der Waals surface area (Å²) in [6, 6.07) is 12.5. The fraction of sp³-hybridized carbons (Fsp3) is 0.200. The summed E-state index contributed by atoms with van der Waals surface area (Å²) in [6.45, 7) is 3.44. The number of carbonyl (C=O) groups excluding carboxylic acids is 1. The predicted octanol–water partition coefficient (Wildman–Crippen LogP) is 4.06. The zero-order chi connectivity index (χ0) is 20.7. The van der Waals surface area contributed by atoms with E-state index in [9.17, 15) is 9.59 Å². The lowest BCUT2D eigenvalue weighted by atomic mass is 10.0. The van der Waals surface area contributed by atoms with Gasteiger partial charge in [0.25, 0.3) is 6.17 Å². The summed E-state index contributed by atoms with van der Waals surface area (Å²) in [7, 11) is 0. The summed E-state index contributed by atoms with van der Waals surface area (Å²) >= 11 is 14.2. The van der Waals surface area contributed by atoms with Gasteiger partial charge in [-0.25, -0.2) is 4.90 Å². The monoisotopic (exact) mass is 447 g/mol. The van der Waals surface area contributed by atoms with Crippen molar-refractivity contribution < 1.29 is 9.48 Å². The van der Waals surface area contributed by atoms with E-state index in [1.807, 2.05) is 19.1 Å². The molecule has 6 nitrogen and oxygen atoms in total. The van der Waals surface area contributed by atoms with Crippen LogP contribution in [0.3, 0.4) is 0 Å². The van der Waals surface area contributed by atoms with E-state index in [2.05, 4.69) is 10.1 Å². The fourth-order valence-electron chi connectivity index (χ4n) is 3.52. The number of hydrogen-bond donors (Lipinski definition) is 1. The van der Waals surface area contributed by atoms with E-state index >= 15 is 0 Å². The van der Waals surface area contributed by atoms with Gasteiger partial charge in [-0.1, -0.05) is 60.1 Å². The third-order valence-electron chi connectivity index (χ3n) is 4.64. The maximum atomic E-state index is 13.0. The number of anilines is 1. The van der Waals surface area contributed by atoms with Crippen molar-refractivity contribution in [3.8, 4) is 11.3 Å². The molecule has 4 rings (SSSR count). The van der Waals surface area contributed by atoms with Crippen LogP contribution in [0.25, 0.3) is 11.3 Å². The average Bonchev–Trinajstić information content (AvgIpc) is 2.69. The first kappa shape index (κ1) is 19.9. The molecule has 0 saturated heterocycles. The average molecular weight is 448 g/mol. The highest BCUT2D eigenvalue weighted by Gasteiger charge is 2.45. The van der Waals surface area contributed by atoms with Gasteiger partial charge in [-0.15, -0.1) is 0 Å². The highest BCUT2D eigenvalue weighted by Crippen LogP contribution is 2.40. The molecule has 29 heavy (non-hydrogen) atoms. The van der Waals surface area contributed by atoms with E-state index in [1.54, 1.807) is 39.9 Å². The molecule has 2 aromatic carbocycles. The number of nitrogens with zero attached hydrogens (tertiary/aromatic N) is 3. The van der Waals surface area contributed by atoms with E-state index in [-0.39, 0.29) is 11.5 Å². The Labute approximate surface area is 181 Å². The Morgan fingerprint density at radius 3 is 2.72 bits per heavy atom. The summed E-state index contributed by atoms with van der Waals surface area (Å²) in [5, 5.41) is 5.79. The van der Waals surface area contributed by atoms with Crippen molar-refractivity contribution >= 4 is 46.6 Å². The van der Waals surface area contributed by atoms with Crippen LogP contribution in [-0.2, 0) is 4.79 Å². The van der Waals surface area contributed by atoms with Gasteiger partial charge in [0.05, 0.1) is 26.9 Å². The Morgan fingerprint density at radius 1 is 1.24 bits per heavy atom. The molecule has 1 aliphatic rings. The molecule has 1 aliphatic heterocycles. The van der Waals surface area contributed by atoms with Gasteiger partial charge >= 0.3 is 11.3 Å². The van der Waals surface area contributed by atoms with Gasteiger partial charge in [0.2, 0.25) is 11.1 Å². The number of nitrogens with one attached hydrogen (secondary N) is 1. The minimum atomic E-state index is -0.748. The number of carbonyl (C=O) groups is 1. The minimum Gasteiger partial charge on any atom is -0.291 e. The van der Waals surface area contributed by atoms with Crippen molar-refractivity contribution in [2.45, 2.75) is 25.2 Å². The van der Waals surface area contributed by atoms with Gasteiger partial charge < -0.3 is 0 Å². The van der Waals surface area contributed by atoms with E-state index in [0.29, 0.717) is 37.7 Å². The largest absolute Gasteiger partial charge is 0.325 e. The van der Waals surface area contributed by atoms with E-state index in [1.165, 1.54) is 18.7 Å². The van der Waals surface area contributed by atoms with Crippen molar-refractivity contribution in [3.63, 3.8) is 0 Å². The van der Waals surface area contributed by atoms with Crippen molar-refractivity contribution in [1.29, 1.82) is 0 Å². The molecule has 1 amide bonds. The number of thioether (sulfide) groups is 1. The van der Waals surface area contributed by atoms with E-state index < -0.39 is 6.17 Å². The Bertz CT molecular complexity index is 1180. The van der Waals surface area contributed by atoms with E-state index in [0.717, 1.165) is 5.75 Å². The Hall–Kier alpha value is -2.35. The molecule has 0 unspecified atom stereocenters. The van der Waals surface area contributed by atoms with Crippen LogP contribution in [0.5, 0.6) is 0 Å². The van der Waals surface area contributed by atoms with Crippen molar-refractivity contribution in [2.24, 2.45) is 0 Å². The van der Waals surface area contributed by atoms with Crippen LogP contribution in [0.4, 0.5) is 5.69 Å². The number of rotatable bonds is 3. The molecule has 0 saturated carbocycles. The molecule has 0 radical (unpaired) electrons. The molecule has 0 fully saturated rings. The first-order valence-corrected chi connectivity index (χ1v) is 10.7. The van der Waals surface area contributed by atoms with Gasteiger partial charge in [-0.2, -0.15) is 0 Å². The molecule has 0 spiro atoms. The second-order valence-electron chi connectivity index (χ2n) is 6.41. The Morgan fingerprint density at radius 2 is 2.00 bits per heavy atom. The topological polar surface area (TPSA) is 69.9 Å². The lowest BCUT2D eigenvalue weighted by molar-refractivity contribution is -0.763. The third kappa shape index (κ3) is 3.33. The van der Waals surface area contributed by atoms with Crippen molar-refractivity contribution in [1.82, 2.24) is 10.1 Å². The zero-order valence-corrected chi connectivity index (χ0v) is 18.0. The number of amides is 1. The van der Waals surface area contributed by atoms with Crippen LogP contribution in [0, 0.1) is 0 Å². The number of benzene rings is 2. The maximum Gasteiger partial charge on any atom is 0.325 e. The maximum absolute atomic E-state index is 13.0. The normalized spacial score (nSPS) is 15.0. The van der Waals surface area contributed by atoms with Crippen molar-refractivity contribution in [3.05, 3.63) is 68.4 Å². The summed E-state index contributed by atoms with van der Waals surface area (Å²) in [5.74, 6) is 0.529. The molecule has 0 bridgehead atoms. The van der Waals surface area contributed by atoms with E-state index in [4.69, 9.17) is 23.2 Å². The number of aromatic nitrogens is 3. The summed E-state index contributed by atoms with van der Waals surface area (Å²) < 4.78 is 1.57. The highest BCUT2D eigenvalue weighted by atomic mass is 35.5. The summed E-state index contributed by atoms with van der Waals surface area (Å²) in [6.07, 6.45) is -0.748. The smallest absolute Gasteiger partial charge is 0.291 e.